The molecular formula is C28H26F3N7O6. The van der Waals surface area contributed by atoms with Gasteiger partial charge in [-0.1, -0.05) is 24.3 Å². The molecule has 0 saturated heterocycles. The van der Waals surface area contributed by atoms with Crippen molar-refractivity contribution in [3.63, 3.8) is 0 Å². The number of amides is 3. The zero-order chi connectivity index (χ0) is 31.5. The van der Waals surface area contributed by atoms with Crippen molar-refractivity contribution in [1.82, 2.24) is 25.8 Å². The van der Waals surface area contributed by atoms with E-state index in [9.17, 15) is 32.3 Å². The fourth-order valence-electron chi connectivity index (χ4n) is 3.77. The van der Waals surface area contributed by atoms with Crippen LogP contribution < -0.4 is 21.3 Å². The van der Waals surface area contributed by atoms with Gasteiger partial charge < -0.3 is 30.7 Å². The quantitative estimate of drug-likeness (QED) is 0.0911. The number of urea groups is 1. The van der Waals surface area contributed by atoms with Crippen LogP contribution in [0, 0.1) is 0 Å². The normalized spacial score (nSPS) is 12.4. The van der Waals surface area contributed by atoms with Crippen LogP contribution in [0.4, 0.5) is 29.5 Å². The number of H-pyrrole nitrogens is 1. The molecule has 0 saturated carbocycles. The second-order valence-electron chi connectivity index (χ2n) is 9.07. The minimum atomic E-state index is -5.49. The predicted octanol–water partition coefficient (Wildman–Crippen LogP) is 3.36. The smallest absolute Gasteiger partial charge is 0.464 e. The lowest BCUT2D eigenvalue weighted by Gasteiger charge is -2.27. The fraction of sp³-hybridized carbons (Fsp3) is 0.214. The zero-order valence-corrected chi connectivity index (χ0v) is 22.8. The Bertz CT molecular complexity index is 1580. The van der Waals surface area contributed by atoms with Gasteiger partial charge in [0, 0.05) is 29.4 Å². The number of nitrogens with zero attached hydrogens (tertiary/aromatic N) is 2. The zero-order valence-electron chi connectivity index (χ0n) is 22.8. The predicted molar refractivity (Wildman–Crippen MR) is 150 cm³/mol. The Kier molecular flexibility index (Phi) is 10.3. The molecule has 0 aliphatic rings. The van der Waals surface area contributed by atoms with Crippen molar-refractivity contribution in [2.45, 2.75) is 24.9 Å². The number of aromatic nitrogens is 3. The lowest BCUT2D eigenvalue weighted by molar-refractivity contribution is -0.207. The second kappa shape index (κ2) is 14.5. The van der Waals surface area contributed by atoms with E-state index in [1.807, 2.05) is 0 Å². The first-order valence-electron chi connectivity index (χ1n) is 13.1. The molecule has 44 heavy (non-hydrogen) atoms. The first kappa shape index (κ1) is 31.3. The molecule has 2 aromatic carbocycles. The van der Waals surface area contributed by atoms with Gasteiger partial charge in [0.25, 0.3) is 5.91 Å². The van der Waals surface area contributed by atoms with Gasteiger partial charge in [0.1, 0.15) is 5.82 Å². The van der Waals surface area contributed by atoms with Gasteiger partial charge in [-0.25, -0.2) is 19.4 Å². The maximum Gasteiger partial charge on any atom is 0.491 e. The monoisotopic (exact) mass is 613 g/mol. The number of ether oxygens (including phenoxy) is 2. The van der Waals surface area contributed by atoms with Gasteiger partial charge in [0.15, 0.2) is 6.04 Å². The van der Waals surface area contributed by atoms with Crippen LogP contribution in [-0.2, 0) is 19.1 Å². The van der Waals surface area contributed by atoms with Crippen molar-refractivity contribution in [2.75, 3.05) is 23.8 Å². The number of hydrogen-bond acceptors (Lipinski definition) is 9. The molecule has 0 aliphatic carbocycles. The number of para-hydroxylation sites is 1. The molecule has 0 bridgehead atoms. The largest absolute Gasteiger partial charge is 0.491 e. The summed E-state index contributed by atoms with van der Waals surface area (Å²) in [4.78, 5) is 55.0. The Morgan fingerprint density at radius 2 is 1.73 bits per heavy atom. The number of esters is 2. The van der Waals surface area contributed by atoms with Crippen LogP contribution in [0.3, 0.4) is 0 Å². The van der Waals surface area contributed by atoms with Crippen molar-refractivity contribution >= 4 is 46.3 Å². The summed E-state index contributed by atoms with van der Waals surface area (Å²) in [6.07, 6.45) is -4.61. The summed E-state index contributed by atoms with van der Waals surface area (Å²) in [5, 5.41) is 16.6. The number of anilines is 2. The average molecular weight is 614 g/mol. The number of benzene rings is 2. The summed E-state index contributed by atoms with van der Waals surface area (Å²) in [6.45, 7) is 0.0544. The number of aromatic amines is 1. The molecule has 0 fully saturated rings. The highest BCUT2D eigenvalue weighted by Crippen LogP contribution is 2.19. The van der Waals surface area contributed by atoms with Gasteiger partial charge in [-0.3, -0.25) is 9.89 Å². The van der Waals surface area contributed by atoms with Crippen molar-refractivity contribution in [3.8, 4) is 0 Å². The molecular weight excluding hydrogens is 587 g/mol. The number of nitrogens with one attached hydrogen (secondary N) is 5. The molecule has 13 nitrogen and oxygen atoms in total. The van der Waals surface area contributed by atoms with Crippen LogP contribution in [0.15, 0.2) is 79.1 Å². The highest BCUT2D eigenvalue weighted by molar-refractivity contribution is 5.99. The van der Waals surface area contributed by atoms with E-state index in [1.54, 1.807) is 42.6 Å². The van der Waals surface area contributed by atoms with Gasteiger partial charge in [0.05, 0.1) is 18.3 Å². The summed E-state index contributed by atoms with van der Waals surface area (Å²) in [5.41, 5.74) is 0.784. The molecule has 230 valence electrons. The molecule has 16 heteroatoms. The van der Waals surface area contributed by atoms with Gasteiger partial charge in [0.2, 0.25) is 6.23 Å². The van der Waals surface area contributed by atoms with Gasteiger partial charge in [-0.2, -0.15) is 18.3 Å². The van der Waals surface area contributed by atoms with E-state index in [0.717, 1.165) is 0 Å². The fourth-order valence-corrected chi connectivity index (χ4v) is 3.77. The van der Waals surface area contributed by atoms with E-state index in [2.05, 4.69) is 41.2 Å². The topological polar surface area (TPSA) is 176 Å². The number of pyridine rings is 1. The Morgan fingerprint density at radius 1 is 0.955 bits per heavy atom. The maximum atomic E-state index is 13.2. The number of alkyl halides is 3. The molecule has 0 radical (unpaired) electrons. The van der Waals surface area contributed by atoms with Crippen molar-refractivity contribution in [2.24, 2.45) is 0 Å². The summed E-state index contributed by atoms with van der Waals surface area (Å²) >= 11 is 0. The maximum absolute atomic E-state index is 13.2. The summed E-state index contributed by atoms with van der Waals surface area (Å²) in [6, 6.07) is 14.1. The van der Waals surface area contributed by atoms with E-state index >= 15 is 0 Å². The van der Waals surface area contributed by atoms with Gasteiger partial charge >= 0.3 is 24.1 Å². The molecule has 0 aliphatic heterocycles. The average Bonchev–Trinajstić information content (AvgIpc) is 3.48. The van der Waals surface area contributed by atoms with E-state index in [-0.39, 0.29) is 24.3 Å². The Morgan fingerprint density at radius 3 is 2.45 bits per heavy atom. The first-order chi connectivity index (χ1) is 21.1. The lowest BCUT2D eigenvalue weighted by atomic mass is 10.1. The van der Waals surface area contributed by atoms with Crippen LogP contribution >= 0.6 is 0 Å². The molecule has 1 unspecified atom stereocenters. The lowest BCUT2D eigenvalue weighted by Crippen LogP contribution is -2.59. The van der Waals surface area contributed by atoms with Gasteiger partial charge in [-0.05, 0) is 48.9 Å². The third kappa shape index (κ3) is 8.91. The molecule has 0 spiro atoms. The summed E-state index contributed by atoms with van der Waals surface area (Å²) in [7, 11) is 0. The third-order valence-electron chi connectivity index (χ3n) is 5.85. The first-order valence-corrected chi connectivity index (χ1v) is 13.1. The SMILES string of the molecule is O=C(Nc1ccccc1)N[C@H](C(=O)OCCCNc1ccccn1)C(NC(=O)c1ccc2[nH]ncc2c1)OC(=O)C(F)(F)F. The summed E-state index contributed by atoms with van der Waals surface area (Å²) < 4.78 is 49.4. The molecule has 3 amide bonds. The second-order valence-corrected chi connectivity index (χ2v) is 9.07. The Balaban J connectivity index is 1.53. The standard InChI is InChI=1S/C28H26F3N7O6/c29-28(30,31)26(41)44-24(37-23(39)17-10-11-20-18(15-17)16-34-38-20)22(36-27(42)35-19-7-2-1-3-8-19)25(40)43-14-6-13-33-21-9-4-5-12-32-21/h1-5,7-12,15-16,22,24H,6,13-14H2,(H,32,33)(H,34,38)(H,37,39)(H2,35,36,42)/t22-,24?/m0/s1. The van der Waals surface area contributed by atoms with Gasteiger partial charge in [-0.15, -0.1) is 0 Å². The number of carbonyl (C=O) groups is 4. The van der Waals surface area contributed by atoms with E-state index in [1.165, 1.54) is 36.5 Å². The molecule has 2 heterocycles. The minimum absolute atomic E-state index is 0.0617. The Hall–Kier alpha value is -5.67. The minimum Gasteiger partial charge on any atom is -0.464 e. The molecule has 2 aromatic heterocycles. The number of rotatable bonds is 12. The van der Waals surface area contributed by atoms with E-state index in [4.69, 9.17) is 4.74 Å². The van der Waals surface area contributed by atoms with Crippen LogP contribution in [0.2, 0.25) is 0 Å². The molecule has 4 rings (SSSR count). The summed E-state index contributed by atoms with van der Waals surface area (Å²) in [5.74, 6) is -4.45. The molecule has 5 N–H and O–H groups in total. The van der Waals surface area contributed by atoms with Crippen molar-refractivity contribution < 1.29 is 41.8 Å². The van der Waals surface area contributed by atoms with Crippen LogP contribution in [0.1, 0.15) is 16.8 Å². The highest BCUT2D eigenvalue weighted by Gasteiger charge is 2.45. The number of hydrogen-bond donors (Lipinski definition) is 5. The van der Waals surface area contributed by atoms with Crippen LogP contribution in [-0.4, -0.2) is 70.7 Å². The number of carbonyl (C=O) groups excluding carboxylic acids is 4. The van der Waals surface area contributed by atoms with Crippen LogP contribution in [0.5, 0.6) is 0 Å². The third-order valence-corrected chi connectivity index (χ3v) is 5.85. The number of fused-ring (bicyclic) bond motifs is 1. The Labute approximate surface area is 247 Å². The molecule has 4 aromatic rings. The van der Waals surface area contributed by atoms with E-state index < -0.39 is 42.3 Å². The highest BCUT2D eigenvalue weighted by atomic mass is 19.4. The van der Waals surface area contributed by atoms with Crippen LogP contribution in [0.25, 0.3) is 10.9 Å². The van der Waals surface area contributed by atoms with Crippen molar-refractivity contribution in [3.05, 3.63) is 84.7 Å². The van der Waals surface area contributed by atoms with Crippen molar-refractivity contribution in [1.29, 1.82) is 0 Å². The molecule has 2 atom stereocenters. The number of halogens is 3. The van der Waals surface area contributed by atoms with E-state index in [0.29, 0.717) is 23.3 Å².